The molecule has 1 fully saturated rings. The molecule has 3 aromatic carbocycles. The van der Waals surface area contributed by atoms with E-state index < -0.39 is 0 Å². The molecule has 0 saturated carbocycles. The Balaban J connectivity index is 1.26. The highest BCUT2D eigenvalue weighted by Gasteiger charge is 2.19. The van der Waals surface area contributed by atoms with E-state index in [1.54, 1.807) is 0 Å². The van der Waals surface area contributed by atoms with Crippen LogP contribution >= 0.6 is 11.8 Å². The number of hydrogen-bond donors (Lipinski definition) is 1. The number of ether oxygens (including phenoxy) is 1. The van der Waals surface area contributed by atoms with Crippen molar-refractivity contribution in [2.45, 2.75) is 31.1 Å². The van der Waals surface area contributed by atoms with Gasteiger partial charge in [-0.1, -0.05) is 72.4 Å². The predicted octanol–water partition coefficient (Wildman–Crippen LogP) is 5.45. The van der Waals surface area contributed by atoms with Gasteiger partial charge in [0.25, 0.3) is 0 Å². The number of aromatic nitrogens is 3. The van der Waals surface area contributed by atoms with Crippen LogP contribution in [0.15, 0.2) is 90.1 Å². The molecule has 0 unspecified atom stereocenters. The van der Waals surface area contributed by atoms with Crippen LogP contribution in [-0.4, -0.2) is 44.4 Å². The minimum absolute atomic E-state index is 0.125. The number of hydrogen-bond acceptors (Lipinski definition) is 6. The molecule has 36 heavy (non-hydrogen) atoms. The number of rotatable bonds is 10. The Bertz CT molecular complexity index is 1270. The maximum absolute atomic E-state index is 12.9. The van der Waals surface area contributed by atoms with Gasteiger partial charge in [0, 0.05) is 0 Å². The van der Waals surface area contributed by atoms with E-state index in [9.17, 15) is 4.79 Å². The van der Waals surface area contributed by atoms with Crippen molar-refractivity contribution in [2.24, 2.45) is 0 Å². The van der Waals surface area contributed by atoms with Gasteiger partial charge in [0.2, 0.25) is 5.91 Å². The first-order valence-electron chi connectivity index (χ1n) is 12.2. The number of nitrogens with zero attached hydrogens (tertiary/aromatic N) is 4. The quantitative estimate of drug-likeness (QED) is 0.293. The zero-order valence-electron chi connectivity index (χ0n) is 20.0. The molecule has 1 aliphatic rings. The van der Waals surface area contributed by atoms with Gasteiger partial charge >= 0.3 is 0 Å². The van der Waals surface area contributed by atoms with Crippen LogP contribution in [0.25, 0.3) is 0 Å². The fraction of sp³-hybridized carbons (Fsp3) is 0.250. The maximum Gasteiger partial charge on any atom is 0.234 e. The standard InChI is InChI=1S/C28H29N5O2S/c34-27(29-24-15-7-8-16-25(24)35-23-13-5-2-6-14-23)21-36-28-31-30-26(20-32-17-9-10-18-32)33(28)19-22-11-3-1-4-12-22/h1-8,11-16H,9-10,17-21H2,(H,29,34). The monoisotopic (exact) mass is 499 g/mol. The molecule has 1 aliphatic heterocycles. The number of benzene rings is 3. The van der Waals surface area contributed by atoms with Gasteiger partial charge < -0.3 is 14.6 Å². The Morgan fingerprint density at radius 2 is 1.56 bits per heavy atom. The average Bonchev–Trinajstić information content (AvgIpc) is 3.56. The van der Waals surface area contributed by atoms with Crippen molar-refractivity contribution in [3.8, 4) is 11.5 Å². The van der Waals surface area contributed by atoms with Gasteiger partial charge in [0.05, 0.1) is 24.5 Å². The number of nitrogens with one attached hydrogen (secondary N) is 1. The lowest BCUT2D eigenvalue weighted by Crippen LogP contribution is -2.22. The summed E-state index contributed by atoms with van der Waals surface area (Å²) in [6, 6.07) is 27.3. The molecule has 0 spiro atoms. The molecule has 0 aliphatic carbocycles. The summed E-state index contributed by atoms with van der Waals surface area (Å²) in [6.07, 6.45) is 2.45. The van der Waals surface area contributed by atoms with E-state index in [1.165, 1.54) is 30.2 Å². The van der Waals surface area contributed by atoms with Gasteiger partial charge in [-0.3, -0.25) is 9.69 Å². The Labute approximate surface area is 215 Å². The van der Waals surface area contributed by atoms with Crippen LogP contribution in [0, 0.1) is 0 Å². The van der Waals surface area contributed by atoms with Gasteiger partial charge in [0.1, 0.15) is 11.6 Å². The molecule has 1 aromatic heterocycles. The third-order valence-electron chi connectivity index (χ3n) is 6.01. The van der Waals surface area contributed by atoms with E-state index in [2.05, 4.69) is 37.1 Å². The largest absolute Gasteiger partial charge is 0.455 e. The lowest BCUT2D eigenvalue weighted by molar-refractivity contribution is -0.113. The van der Waals surface area contributed by atoms with E-state index in [-0.39, 0.29) is 11.7 Å². The fourth-order valence-corrected chi connectivity index (χ4v) is 4.96. The Kier molecular flexibility index (Phi) is 7.95. The number of carbonyl (C=O) groups is 1. The first-order chi connectivity index (χ1) is 17.7. The van der Waals surface area contributed by atoms with E-state index in [0.29, 0.717) is 23.7 Å². The Morgan fingerprint density at radius 3 is 2.33 bits per heavy atom. The van der Waals surface area contributed by atoms with E-state index in [0.717, 1.165) is 30.6 Å². The summed E-state index contributed by atoms with van der Waals surface area (Å²) >= 11 is 1.40. The number of para-hydroxylation sites is 3. The number of anilines is 1. The zero-order chi connectivity index (χ0) is 24.6. The van der Waals surface area contributed by atoms with Crippen LogP contribution in [0.3, 0.4) is 0 Å². The van der Waals surface area contributed by atoms with Crippen molar-refractivity contribution in [3.63, 3.8) is 0 Å². The van der Waals surface area contributed by atoms with Crippen molar-refractivity contribution >= 4 is 23.4 Å². The Hall–Kier alpha value is -3.62. The van der Waals surface area contributed by atoms with Crippen molar-refractivity contribution in [3.05, 3.63) is 96.3 Å². The topological polar surface area (TPSA) is 72.3 Å². The third kappa shape index (κ3) is 6.33. The minimum Gasteiger partial charge on any atom is -0.455 e. The van der Waals surface area contributed by atoms with Crippen molar-refractivity contribution in [1.29, 1.82) is 0 Å². The summed E-state index contributed by atoms with van der Waals surface area (Å²) < 4.78 is 8.11. The molecule has 184 valence electrons. The van der Waals surface area contributed by atoms with Gasteiger partial charge in [-0.15, -0.1) is 10.2 Å². The molecule has 8 heteroatoms. The molecule has 1 amide bonds. The summed E-state index contributed by atoms with van der Waals surface area (Å²) in [4.78, 5) is 15.3. The van der Waals surface area contributed by atoms with Crippen molar-refractivity contribution < 1.29 is 9.53 Å². The molecule has 1 N–H and O–H groups in total. The highest BCUT2D eigenvalue weighted by Crippen LogP contribution is 2.29. The summed E-state index contributed by atoms with van der Waals surface area (Å²) in [5, 5.41) is 12.7. The zero-order valence-corrected chi connectivity index (χ0v) is 20.9. The van der Waals surface area contributed by atoms with Gasteiger partial charge in [-0.05, 0) is 55.8 Å². The molecule has 7 nitrogen and oxygen atoms in total. The molecule has 0 atom stereocenters. The minimum atomic E-state index is -0.125. The average molecular weight is 500 g/mol. The second kappa shape index (κ2) is 11.9. The highest BCUT2D eigenvalue weighted by atomic mass is 32.2. The van der Waals surface area contributed by atoms with E-state index in [4.69, 9.17) is 4.74 Å². The highest BCUT2D eigenvalue weighted by molar-refractivity contribution is 7.99. The van der Waals surface area contributed by atoms with Gasteiger partial charge in [-0.2, -0.15) is 0 Å². The smallest absolute Gasteiger partial charge is 0.234 e. The SMILES string of the molecule is O=C(CSc1nnc(CN2CCCC2)n1Cc1ccccc1)Nc1ccccc1Oc1ccccc1. The molecule has 5 rings (SSSR count). The first kappa shape index (κ1) is 24.1. The summed E-state index contributed by atoms with van der Waals surface area (Å²) in [5.74, 6) is 2.34. The lowest BCUT2D eigenvalue weighted by Gasteiger charge is -2.16. The molecule has 0 bridgehead atoms. The van der Waals surface area contributed by atoms with Crippen molar-refractivity contribution in [2.75, 3.05) is 24.2 Å². The number of carbonyl (C=O) groups excluding carboxylic acids is 1. The molecular formula is C28H29N5O2S. The Morgan fingerprint density at radius 1 is 0.861 bits per heavy atom. The molecule has 1 saturated heterocycles. The third-order valence-corrected chi connectivity index (χ3v) is 6.97. The summed E-state index contributed by atoms with van der Waals surface area (Å²) in [5.41, 5.74) is 1.81. The predicted molar refractivity (Wildman–Crippen MR) is 142 cm³/mol. The van der Waals surface area contributed by atoms with E-state index >= 15 is 0 Å². The van der Waals surface area contributed by atoms with Crippen LogP contribution in [0.5, 0.6) is 11.5 Å². The van der Waals surface area contributed by atoms with Crippen LogP contribution in [0.2, 0.25) is 0 Å². The lowest BCUT2D eigenvalue weighted by atomic mass is 10.2. The molecule has 0 radical (unpaired) electrons. The summed E-state index contributed by atoms with van der Waals surface area (Å²) in [6.45, 7) is 3.63. The molecule has 4 aromatic rings. The van der Waals surface area contributed by atoms with Gasteiger partial charge in [0.15, 0.2) is 10.9 Å². The second-order valence-electron chi connectivity index (χ2n) is 8.70. The van der Waals surface area contributed by atoms with Crippen LogP contribution in [0.4, 0.5) is 5.69 Å². The normalized spacial score (nSPS) is 13.6. The first-order valence-corrected chi connectivity index (χ1v) is 13.2. The number of likely N-dealkylation sites (tertiary alicyclic amines) is 1. The van der Waals surface area contributed by atoms with Crippen LogP contribution in [-0.2, 0) is 17.9 Å². The number of thioether (sulfide) groups is 1. The van der Waals surface area contributed by atoms with Crippen molar-refractivity contribution in [1.82, 2.24) is 19.7 Å². The van der Waals surface area contributed by atoms with Gasteiger partial charge in [-0.25, -0.2) is 0 Å². The van der Waals surface area contributed by atoms with Crippen LogP contribution < -0.4 is 10.1 Å². The van der Waals surface area contributed by atoms with Crippen LogP contribution in [0.1, 0.15) is 24.2 Å². The molecule has 2 heterocycles. The fourth-order valence-electron chi connectivity index (χ4n) is 4.20. The number of amides is 1. The molecular weight excluding hydrogens is 470 g/mol. The maximum atomic E-state index is 12.9. The van der Waals surface area contributed by atoms with E-state index in [1.807, 2.05) is 72.8 Å². The summed E-state index contributed by atoms with van der Waals surface area (Å²) in [7, 11) is 0. The second-order valence-corrected chi connectivity index (χ2v) is 9.64.